The number of rotatable bonds is 6. The predicted octanol–water partition coefficient (Wildman–Crippen LogP) is 1.43. The first kappa shape index (κ1) is 13.8. The molecule has 1 aromatic heterocycles. The third-order valence-corrected chi connectivity index (χ3v) is 3.52. The first-order valence-corrected chi connectivity index (χ1v) is 6.74. The Kier molecular flexibility index (Phi) is 4.37. The van der Waals surface area contributed by atoms with Crippen molar-refractivity contribution in [1.82, 2.24) is 4.98 Å². The van der Waals surface area contributed by atoms with Crippen molar-refractivity contribution in [3.05, 3.63) is 23.9 Å². The molecule has 104 valence electrons. The van der Waals surface area contributed by atoms with Crippen LogP contribution in [0.25, 0.3) is 0 Å². The fourth-order valence-electron chi connectivity index (χ4n) is 2.35. The fourth-order valence-corrected chi connectivity index (χ4v) is 2.35. The Morgan fingerprint density at radius 1 is 1.63 bits per heavy atom. The van der Waals surface area contributed by atoms with Crippen LogP contribution in [-0.4, -0.2) is 37.2 Å². The van der Waals surface area contributed by atoms with Gasteiger partial charge in [-0.15, -0.1) is 0 Å². The van der Waals surface area contributed by atoms with Crippen LogP contribution in [0.3, 0.4) is 0 Å². The molecule has 0 saturated heterocycles. The van der Waals surface area contributed by atoms with Crippen LogP contribution in [0.4, 0.5) is 5.82 Å². The van der Waals surface area contributed by atoms with Crippen LogP contribution in [-0.2, 0) is 4.74 Å². The van der Waals surface area contributed by atoms with Crippen molar-refractivity contribution in [3.8, 4) is 0 Å². The van der Waals surface area contributed by atoms with E-state index in [0.29, 0.717) is 30.5 Å². The highest BCUT2D eigenvalue weighted by Crippen LogP contribution is 2.36. The third kappa shape index (κ3) is 3.04. The molecule has 1 aliphatic rings. The lowest BCUT2D eigenvalue weighted by atomic mass is 10.1. The number of hydrogen-bond acceptors (Lipinski definition) is 5. The van der Waals surface area contributed by atoms with Gasteiger partial charge in [-0.25, -0.2) is 9.78 Å². The number of nitrogens with two attached hydrogens (primary N) is 1. The summed E-state index contributed by atoms with van der Waals surface area (Å²) < 4.78 is 5.07. The van der Waals surface area contributed by atoms with E-state index in [4.69, 9.17) is 10.5 Å². The molecule has 1 saturated carbocycles. The summed E-state index contributed by atoms with van der Waals surface area (Å²) >= 11 is 0. The van der Waals surface area contributed by atoms with E-state index in [1.165, 1.54) is 12.8 Å². The molecule has 2 N–H and O–H groups in total. The highest BCUT2D eigenvalue weighted by atomic mass is 16.5. The highest BCUT2D eigenvalue weighted by Gasteiger charge is 2.34. The van der Waals surface area contributed by atoms with E-state index in [1.54, 1.807) is 25.3 Å². The predicted molar refractivity (Wildman–Crippen MR) is 74.2 cm³/mol. The van der Waals surface area contributed by atoms with Crippen molar-refractivity contribution in [2.45, 2.75) is 25.8 Å². The van der Waals surface area contributed by atoms with Crippen molar-refractivity contribution in [3.63, 3.8) is 0 Å². The number of nitrogens with zero attached hydrogens (tertiary/aromatic N) is 2. The first-order valence-electron chi connectivity index (χ1n) is 6.74. The summed E-state index contributed by atoms with van der Waals surface area (Å²) in [5.41, 5.74) is 6.36. The average Bonchev–Trinajstić information content (AvgIpc) is 3.24. The lowest BCUT2D eigenvalue weighted by molar-refractivity contribution is 0.0526. The molecule has 1 fully saturated rings. The Balaban J connectivity index is 2.25. The summed E-state index contributed by atoms with van der Waals surface area (Å²) in [5, 5.41) is 0. The summed E-state index contributed by atoms with van der Waals surface area (Å²) in [7, 11) is 1.95. The minimum Gasteiger partial charge on any atom is -0.462 e. The Labute approximate surface area is 113 Å². The Morgan fingerprint density at radius 3 is 2.95 bits per heavy atom. The van der Waals surface area contributed by atoms with E-state index in [9.17, 15) is 4.79 Å². The molecule has 1 heterocycles. The summed E-state index contributed by atoms with van der Waals surface area (Å²) in [5.74, 6) is 0.944. The van der Waals surface area contributed by atoms with Crippen molar-refractivity contribution >= 4 is 11.8 Å². The van der Waals surface area contributed by atoms with E-state index in [1.807, 2.05) is 11.9 Å². The molecule has 19 heavy (non-hydrogen) atoms. The molecule has 0 amide bonds. The van der Waals surface area contributed by atoms with Crippen LogP contribution < -0.4 is 10.6 Å². The Bertz CT molecular complexity index is 446. The molecule has 0 aromatic carbocycles. The molecular formula is C14H21N3O2. The molecule has 1 aliphatic carbocycles. The minimum absolute atomic E-state index is 0.239. The fraction of sp³-hybridized carbons (Fsp3) is 0.571. The van der Waals surface area contributed by atoms with E-state index >= 15 is 0 Å². The lowest BCUT2D eigenvalue weighted by Crippen LogP contribution is -2.41. The topological polar surface area (TPSA) is 68.5 Å². The number of anilines is 1. The second-order valence-corrected chi connectivity index (χ2v) is 4.85. The zero-order valence-corrected chi connectivity index (χ0v) is 11.5. The summed E-state index contributed by atoms with van der Waals surface area (Å²) in [6.45, 7) is 2.73. The standard InChI is InChI=1S/C14H21N3O2/c1-3-19-14(18)11-5-4-8-16-13(11)17(2)12(9-15)10-6-7-10/h4-5,8,10,12H,3,6-7,9,15H2,1-2H3. The van der Waals surface area contributed by atoms with E-state index in [2.05, 4.69) is 4.98 Å². The molecule has 5 heteroatoms. The van der Waals surface area contributed by atoms with Gasteiger partial charge in [0.15, 0.2) is 0 Å². The number of pyridine rings is 1. The zero-order valence-electron chi connectivity index (χ0n) is 11.5. The number of carbonyl (C=O) groups is 1. The maximum Gasteiger partial charge on any atom is 0.341 e. The number of hydrogen-bond donors (Lipinski definition) is 1. The van der Waals surface area contributed by atoms with Gasteiger partial charge in [-0.3, -0.25) is 0 Å². The van der Waals surface area contributed by atoms with Crippen molar-refractivity contribution in [1.29, 1.82) is 0 Å². The zero-order chi connectivity index (χ0) is 13.8. The number of ether oxygens (including phenoxy) is 1. The largest absolute Gasteiger partial charge is 0.462 e. The second-order valence-electron chi connectivity index (χ2n) is 4.85. The molecule has 0 radical (unpaired) electrons. The van der Waals surface area contributed by atoms with Gasteiger partial charge < -0.3 is 15.4 Å². The minimum atomic E-state index is -0.330. The van der Waals surface area contributed by atoms with Gasteiger partial charge in [0, 0.05) is 25.8 Å². The second kappa shape index (κ2) is 6.02. The Morgan fingerprint density at radius 2 is 2.37 bits per heavy atom. The normalized spacial score (nSPS) is 15.9. The number of likely N-dealkylation sites (N-methyl/N-ethyl adjacent to an activating group) is 1. The number of esters is 1. The molecule has 0 spiro atoms. The van der Waals surface area contributed by atoms with Crippen LogP contribution in [0.1, 0.15) is 30.1 Å². The smallest absolute Gasteiger partial charge is 0.341 e. The summed E-state index contributed by atoms with van der Waals surface area (Å²) in [6.07, 6.45) is 4.09. The van der Waals surface area contributed by atoms with Crippen molar-refractivity contribution in [2.24, 2.45) is 11.7 Å². The van der Waals surface area contributed by atoms with E-state index < -0.39 is 0 Å². The lowest BCUT2D eigenvalue weighted by Gasteiger charge is -2.29. The molecule has 1 aromatic rings. The van der Waals surface area contributed by atoms with E-state index in [0.717, 1.165) is 0 Å². The molecule has 0 aliphatic heterocycles. The SMILES string of the molecule is CCOC(=O)c1cccnc1N(C)C(CN)C1CC1. The molecule has 2 rings (SSSR count). The highest BCUT2D eigenvalue weighted by molar-refractivity contribution is 5.94. The van der Waals surface area contributed by atoms with Gasteiger partial charge in [0.1, 0.15) is 11.4 Å². The van der Waals surface area contributed by atoms with Crippen molar-refractivity contribution in [2.75, 3.05) is 25.1 Å². The number of aromatic nitrogens is 1. The Hall–Kier alpha value is -1.62. The molecule has 5 nitrogen and oxygen atoms in total. The molecule has 1 unspecified atom stereocenters. The van der Waals surface area contributed by atoms with Gasteiger partial charge in [0.2, 0.25) is 0 Å². The first-order chi connectivity index (χ1) is 9.19. The molecular weight excluding hydrogens is 242 g/mol. The van der Waals surface area contributed by atoms with Gasteiger partial charge in [-0.05, 0) is 37.8 Å². The van der Waals surface area contributed by atoms with Gasteiger partial charge in [-0.1, -0.05) is 0 Å². The molecule has 0 bridgehead atoms. The van der Waals surface area contributed by atoms with Crippen LogP contribution in [0.15, 0.2) is 18.3 Å². The van der Waals surface area contributed by atoms with Crippen LogP contribution in [0.5, 0.6) is 0 Å². The summed E-state index contributed by atoms with van der Waals surface area (Å²) in [6, 6.07) is 3.73. The van der Waals surface area contributed by atoms with Gasteiger partial charge in [0.25, 0.3) is 0 Å². The third-order valence-electron chi connectivity index (χ3n) is 3.52. The quantitative estimate of drug-likeness (QED) is 0.786. The molecule has 1 atom stereocenters. The average molecular weight is 263 g/mol. The number of carbonyl (C=O) groups excluding carboxylic acids is 1. The summed E-state index contributed by atoms with van der Waals surface area (Å²) in [4.78, 5) is 18.3. The van der Waals surface area contributed by atoms with Crippen LogP contribution >= 0.6 is 0 Å². The van der Waals surface area contributed by atoms with Gasteiger partial charge in [0.05, 0.1) is 6.61 Å². The monoisotopic (exact) mass is 263 g/mol. The maximum atomic E-state index is 11.9. The van der Waals surface area contributed by atoms with Crippen molar-refractivity contribution < 1.29 is 9.53 Å². The maximum absolute atomic E-state index is 11.9. The van der Waals surface area contributed by atoms with Gasteiger partial charge >= 0.3 is 5.97 Å². The van der Waals surface area contributed by atoms with Crippen LogP contribution in [0, 0.1) is 5.92 Å². The van der Waals surface area contributed by atoms with Gasteiger partial charge in [-0.2, -0.15) is 0 Å². The van der Waals surface area contributed by atoms with Crippen LogP contribution in [0.2, 0.25) is 0 Å². The van der Waals surface area contributed by atoms with E-state index in [-0.39, 0.29) is 12.0 Å².